The molecule has 26 heavy (non-hydrogen) atoms. The molecule has 0 spiro atoms. The topological polar surface area (TPSA) is 97.3 Å². The number of nitrogens with one attached hydrogen (secondary N) is 1. The van der Waals surface area contributed by atoms with E-state index in [2.05, 4.69) is 32.1 Å². The monoisotopic (exact) mass is 355 g/mol. The van der Waals surface area contributed by atoms with Gasteiger partial charge in [0, 0.05) is 19.5 Å². The average molecular weight is 355 g/mol. The van der Waals surface area contributed by atoms with Gasteiger partial charge >= 0.3 is 0 Å². The second kappa shape index (κ2) is 5.82. The fraction of sp³-hybridized carbons (Fsp3) is 0.444. The molecule has 3 heterocycles. The molecule has 1 amide bonds. The summed E-state index contributed by atoms with van der Waals surface area (Å²) in [6, 6.07) is 0. The lowest BCUT2D eigenvalue weighted by atomic mass is 10.1. The van der Waals surface area contributed by atoms with E-state index < -0.39 is 0 Å². The zero-order valence-corrected chi connectivity index (χ0v) is 15.3. The summed E-state index contributed by atoms with van der Waals surface area (Å²) in [7, 11) is 2.00. The van der Waals surface area contributed by atoms with Crippen molar-refractivity contribution in [3.63, 3.8) is 0 Å². The van der Waals surface area contributed by atoms with Crippen LogP contribution >= 0.6 is 0 Å². The van der Waals surface area contributed by atoms with Gasteiger partial charge in [-0.25, -0.2) is 15.0 Å². The standard InChI is InChI=1S/C18H21N5O3/c1-10-13(16(24)20-8-12-7-19-11(2)26-12)14-15(21-9-22-17(14)25-10)23(4)18(3)5-6-18/h7,9H,5-6,8H2,1-4H3,(H,20,24). The van der Waals surface area contributed by atoms with Crippen molar-refractivity contribution in [3.05, 3.63) is 35.5 Å². The molecule has 136 valence electrons. The highest BCUT2D eigenvalue weighted by Gasteiger charge is 2.43. The summed E-state index contributed by atoms with van der Waals surface area (Å²) in [5.74, 6) is 2.14. The highest BCUT2D eigenvalue weighted by Crippen LogP contribution is 2.44. The summed E-state index contributed by atoms with van der Waals surface area (Å²) < 4.78 is 11.1. The second-order valence-corrected chi connectivity index (χ2v) is 6.99. The van der Waals surface area contributed by atoms with Crippen molar-refractivity contribution in [1.82, 2.24) is 20.3 Å². The Balaban J connectivity index is 1.69. The summed E-state index contributed by atoms with van der Waals surface area (Å²) in [5.41, 5.74) is 0.949. The highest BCUT2D eigenvalue weighted by atomic mass is 16.4. The number of nitrogens with zero attached hydrogens (tertiary/aromatic N) is 4. The van der Waals surface area contributed by atoms with Crippen LogP contribution in [0.25, 0.3) is 11.1 Å². The van der Waals surface area contributed by atoms with Crippen molar-refractivity contribution in [1.29, 1.82) is 0 Å². The Morgan fingerprint density at radius 3 is 2.69 bits per heavy atom. The first-order valence-corrected chi connectivity index (χ1v) is 8.56. The third-order valence-corrected chi connectivity index (χ3v) is 5.06. The van der Waals surface area contributed by atoms with E-state index in [0.717, 1.165) is 12.8 Å². The molecule has 0 aliphatic heterocycles. The Hall–Kier alpha value is -2.90. The fourth-order valence-corrected chi connectivity index (χ4v) is 3.07. The van der Waals surface area contributed by atoms with Gasteiger partial charge < -0.3 is 19.1 Å². The molecule has 0 aromatic carbocycles. The lowest BCUT2D eigenvalue weighted by molar-refractivity contribution is 0.0947. The van der Waals surface area contributed by atoms with Crippen LogP contribution in [0.2, 0.25) is 0 Å². The number of aryl methyl sites for hydroxylation is 2. The third kappa shape index (κ3) is 2.71. The first kappa shape index (κ1) is 16.6. The number of amides is 1. The summed E-state index contributed by atoms with van der Waals surface area (Å²) in [6.45, 7) is 5.96. The van der Waals surface area contributed by atoms with Crippen LogP contribution in [-0.4, -0.2) is 33.4 Å². The van der Waals surface area contributed by atoms with Gasteiger partial charge in [0.2, 0.25) is 5.71 Å². The van der Waals surface area contributed by atoms with Gasteiger partial charge in [-0.1, -0.05) is 0 Å². The van der Waals surface area contributed by atoms with Crippen molar-refractivity contribution in [2.24, 2.45) is 0 Å². The number of oxazole rings is 1. The van der Waals surface area contributed by atoms with Gasteiger partial charge in [-0.3, -0.25) is 4.79 Å². The van der Waals surface area contributed by atoms with Gasteiger partial charge in [0.1, 0.15) is 23.7 Å². The molecule has 0 saturated heterocycles. The maximum atomic E-state index is 12.9. The number of carbonyl (C=O) groups is 1. The molecular weight excluding hydrogens is 334 g/mol. The summed E-state index contributed by atoms with van der Waals surface area (Å²) in [4.78, 5) is 27.6. The Labute approximate surface area is 150 Å². The number of hydrogen-bond donors (Lipinski definition) is 1. The summed E-state index contributed by atoms with van der Waals surface area (Å²) in [5, 5.41) is 3.51. The molecule has 8 nitrogen and oxygen atoms in total. The zero-order chi connectivity index (χ0) is 18.5. The highest BCUT2D eigenvalue weighted by molar-refractivity contribution is 6.10. The molecule has 3 aromatic heterocycles. The molecule has 1 fully saturated rings. The van der Waals surface area contributed by atoms with E-state index in [1.54, 1.807) is 20.0 Å². The minimum absolute atomic E-state index is 0.0670. The van der Waals surface area contributed by atoms with Gasteiger partial charge in [0.15, 0.2) is 5.89 Å². The lowest BCUT2D eigenvalue weighted by Gasteiger charge is -2.26. The maximum Gasteiger partial charge on any atom is 0.256 e. The molecule has 0 unspecified atom stereocenters. The van der Waals surface area contributed by atoms with E-state index in [-0.39, 0.29) is 18.0 Å². The number of aromatic nitrogens is 3. The van der Waals surface area contributed by atoms with Crippen LogP contribution in [0.4, 0.5) is 5.82 Å². The van der Waals surface area contributed by atoms with Crippen LogP contribution in [-0.2, 0) is 6.54 Å². The minimum atomic E-state index is -0.249. The minimum Gasteiger partial charge on any atom is -0.444 e. The molecular formula is C18H21N5O3. The van der Waals surface area contributed by atoms with E-state index >= 15 is 0 Å². The smallest absolute Gasteiger partial charge is 0.256 e. The first-order chi connectivity index (χ1) is 12.4. The Morgan fingerprint density at radius 2 is 2.04 bits per heavy atom. The normalized spacial score (nSPS) is 15.2. The van der Waals surface area contributed by atoms with Gasteiger partial charge in [-0.05, 0) is 26.7 Å². The van der Waals surface area contributed by atoms with Crippen molar-refractivity contribution in [2.45, 2.75) is 45.7 Å². The van der Waals surface area contributed by atoms with Crippen LogP contribution in [0.1, 0.15) is 47.5 Å². The van der Waals surface area contributed by atoms with E-state index in [1.807, 2.05) is 7.05 Å². The molecule has 1 aliphatic rings. The van der Waals surface area contributed by atoms with Crippen LogP contribution in [0.15, 0.2) is 21.4 Å². The number of fused-ring (bicyclic) bond motifs is 1. The van der Waals surface area contributed by atoms with E-state index in [4.69, 9.17) is 8.83 Å². The van der Waals surface area contributed by atoms with Gasteiger partial charge in [0.05, 0.1) is 23.7 Å². The average Bonchev–Trinajstić information content (AvgIpc) is 3.07. The Morgan fingerprint density at radius 1 is 1.27 bits per heavy atom. The molecule has 8 heteroatoms. The van der Waals surface area contributed by atoms with Crippen molar-refractivity contribution >= 4 is 22.8 Å². The number of furan rings is 1. The second-order valence-electron chi connectivity index (χ2n) is 6.99. The fourth-order valence-electron chi connectivity index (χ4n) is 3.07. The van der Waals surface area contributed by atoms with Crippen molar-refractivity contribution < 1.29 is 13.6 Å². The number of carbonyl (C=O) groups excluding carboxylic acids is 1. The largest absolute Gasteiger partial charge is 0.444 e. The first-order valence-electron chi connectivity index (χ1n) is 8.56. The predicted octanol–water partition coefficient (Wildman–Crippen LogP) is 2.75. The van der Waals surface area contributed by atoms with Crippen molar-refractivity contribution in [3.8, 4) is 0 Å². The maximum absolute atomic E-state index is 12.9. The van der Waals surface area contributed by atoms with Gasteiger partial charge in [-0.2, -0.15) is 0 Å². The zero-order valence-electron chi connectivity index (χ0n) is 15.3. The molecule has 0 radical (unpaired) electrons. The molecule has 1 N–H and O–H groups in total. The van der Waals surface area contributed by atoms with E-state index in [1.165, 1.54) is 6.33 Å². The molecule has 4 rings (SSSR count). The van der Waals surface area contributed by atoms with E-state index in [0.29, 0.717) is 39.9 Å². The molecule has 1 saturated carbocycles. The predicted molar refractivity (Wildman–Crippen MR) is 95.0 cm³/mol. The molecule has 0 bridgehead atoms. The van der Waals surface area contributed by atoms with E-state index in [9.17, 15) is 4.79 Å². The molecule has 0 atom stereocenters. The van der Waals surface area contributed by atoms with Gasteiger partial charge in [-0.15, -0.1) is 0 Å². The Bertz CT molecular complexity index is 986. The third-order valence-electron chi connectivity index (χ3n) is 5.06. The quantitative estimate of drug-likeness (QED) is 0.751. The summed E-state index contributed by atoms with van der Waals surface area (Å²) >= 11 is 0. The van der Waals surface area contributed by atoms with Crippen LogP contribution in [0.3, 0.4) is 0 Å². The van der Waals surface area contributed by atoms with Crippen LogP contribution in [0.5, 0.6) is 0 Å². The van der Waals surface area contributed by atoms with Crippen molar-refractivity contribution in [2.75, 3.05) is 11.9 Å². The number of anilines is 1. The van der Waals surface area contributed by atoms with Gasteiger partial charge in [0.25, 0.3) is 5.91 Å². The van der Waals surface area contributed by atoms with Crippen LogP contribution < -0.4 is 10.2 Å². The number of rotatable bonds is 5. The Kier molecular flexibility index (Phi) is 3.71. The number of hydrogen-bond acceptors (Lipinski definition) is 7. The SMILES string of the molecule is Cc1ncc(CNC(=O)c2c(C)oc3ncnc(N(C)C4(C)CC4)c23)o1. The van der Waals surface area contributed by atoms with Crippen LogP contribution in [0, 0.1) is 13.8 Å². The lowest BCUT2D eigenvalue weighted by Crippen LogP contribution is -2.32. The molecule has 1 aliphatic carbocycles. The molecule has 3 aromatic rings. The summed E-state index contributed by atoms with van der Waals surface area (Å²) in [6.07, 6.45) is 5.27.